The molecule has 10 heteroatoms. The topological polar surface area (TPSA) is 126 Å². The molecule has 1 saturated carbocycles. The molecular formula is C40H37NO9. The highest BCUT2D eigenvalue weighted by atomic mass is 16.5. The van der Waals surface area contributed by atoms with Gasteiger partial charge in [0.05, 0.1) is 31.6 Å². The first-order valence-electron chi connectivity index (χ1n) is 16.1. The maximum atomic E-state index is 13.2. The summed E-state index contributed by atoms with van der Waals surface area (Å²) in [5, 5.41) is 0. The highest BCUT2D eigenvalue weighted by Gasteiger charge is 2.32. The molecule has 0 unspecified atom stereocenters. The Bertz CT molecular complexity index is 1870. The van der Waals surface area contributed by atoms with Gasteiger partial charge < -0.3 is 23.8 Å². The summed E-state index contributed by atoms with van der Waals surface area (Å²) >= 11 is 0. The smallest absolute Gasteiger partial charge is 0.337 e. The number of nitrogens with zero attached hydrogens (tertiary/aromatic N) is 1. The summed E-state index contributed by atoms with van der Waals surface area (Å²) in [6, 6.07) is 26.6. The first-order valence-corrected chi connectivity index (χ1v) is 16.1. The van der Waals surface area contributed by atoms with Crippen LogP contribution in [-0.4, -0.2) is 50.9 Å². The SMILES string of the molecule is COC(=O)c1ccc(C(=O)N(C)c2ccc(OC(=O)C3CCC(C(=O)Oc4ccc(OC)cc4/C=C/C(=O)c4ccccc4)CC3)cc2)cc1. The van der Waals surface area contributed by atoms with Crippen LogP contribution in [0, 0.1) is 11.8 Å². The average Bonchev–Trinajstić information content (AvgIpc) is 3.17. The second kappa shape index (κ2) is 16.4. The molecule has 0 bridgehead atoms. The molecule has 4 aromatic carbocycles. The van der Waals surface area contributed by atoms with Crippen LogP contribution in [0.1, 0.15) is 62.3 Å². The molecule has 1 amide bonds. The zero-order chi connectivity index (χ0) is 35.6. The number of carbonyl (C=O) groups excluding carboxylic acids is 5. The number of benzene rings is 4. The molecule has 10 nitrogen and oxygen atoms in total. The number of esters is 3. The third kappa shape index (κ3) is 8.70. The Morgan fingerprint density at radius 2 is 1.24 bits per heavy atom. The summed E-state index contributed by atoms with van der Waals surface area (Å²) in [6.07, 6.45) is 4.87. The van der Waals surface area contributed by atoms with Gasteiger partial charge in [-0.25, -0.2) is 4.79 Å². The van der Waals surface area contributed by atoms with Crippen LogP contribution in [0.5, 0.6) is 17.2 Å². The van der Waals surface area contributed by atoms with Crippen LogP contribution in [0.25, 0.3) is 6.08 Å². The normalized spacial score (nSPS) is 15.5. The molecule has 256 valence electrons. The van der Waals surface area contributed by atoms with Crippen molar-refractivity contribution in [3.05, 3.63) is 125 Å². The molecule has 0 spiro atoms. The Morgan fingerprint density at radius 3 is 1.84 bits per heavy atom. The highest BCUT2D eigenvalue weighted by molar-refractivity contribution is 6.07. The summed E-state index contributed by atoms with van der Waals surface area (Å²) in [4.78, 5) is 64.9. The fraction of sp³-hybridized carbons (Fsp3) is 0.225. The number of hydrogen-bond acceptors (Lipinski definition) is 9. The van der Waals surface area contributed by atoms with Gasteiger partial charge in [-0.3, -0.25) is 19.2 Å². The zero-order valence-electron chi connectivity index (χ0n) is 28.0. The number of amides is 1. The summed E-state index contributed by atoms with van der Waals surface area (Å²) in [5.41, 5.74) is 2.39. The summed E-state index contributed by atoms with van der Waals surface area (Å²) in [5.74, 6) is -1.31. The molecule has 0 radical (unpaired) electrons. The van der Waals surface area contributed by atoms with E-state index in [1.165, 1.54) is 37.3 Å². The van der Waals surface area contributed by atoms with Crippen molar-refractivity contribution in [1.29, 1.82) is 0 Å². The fourth-order valence-electron chi connectivity index (χ4n) is 5.61. The Hall–Kier alpha value is -6.03. The minimum atomic E-state index is -0.486. The first-order chi connectivity index (χ1) is 24.2. The second-order valence-corrected chi connectivity index (χ2v) is 11.8. The van der Waals surface area contributed by atoms with Crippen molar-refractivity contribution in [3.8, 4) is 17.2 Å². The summed E-state index contributed by atoms with van der Waals surface area (Å²) in [7, 11) is 4.45. The number of carbonyl (C=O) groups is 5. The van der Waals surface area contributed by atoms with Crippen LogP contribution in [0.15, 0.2) is 103 Å². The lowest BCUT2D eigenvalue weighted by atomic mass is 9.82. The lowest BCUT2D eigenvalue weighted by Crippen LogP contribution is -2.30. The van der Waals surface area contributed by atoms with Gasteiger partial charge in [-0.05, 0) is 105 Å². The van der Waals surface area contributed by atoms with Gasteiger partial charge in [0.1, 0.15) is 17.2 Å². The fourth-order valence-corrected chi connectivity index (χ4v) is 5.61. The number of rotatable bonds is 11. The molecule has 0 aliphatic heterocycles. The largest absolute Gasteiger partial charge is 0.497 e. The number of methoxy groups -OCH3 is 2. The molecule has 4 aromatic rings. The van der Waals surface area contributed by atoms with Crippen molar-refractivity contribution < 1.29 is 42.9 Å². The highest BCUT2D eigenvalue weighted by Crippen LogP contribution is 2.33. The molecule has 0 atom stereocenters. The van der Waals surface area contributed by atoms with Crippen LogP contribution in [-0.2, 0) is 14.3 Å². The predicted molar refractivity (Wildman–Crippen MR) is 186 cm³/mol. The number of hydrogen-bond donors (Lipinski definition) is 0. The molecule has 0 N–H and O–H groups in total. The average molecular weight is 676 g/mol. The molecule has 1 fully saturated rings. The van der Waals surface area contributed by atoms with Gasteiger partial charge >= 0.3 is 17.9 Å². The van der Waals surface area contributed by atoms with E-state index in [1.807, 2.05) is 6.07 Å². The minimum absolute atomic E-state index is 0.185. The third-order valence-corrected chi connectivity index (χ3v) is 8.59. The van der Waals surface area contributed by atoms with Gasteiger partial charge in [0.2, 0.25) is 0 Å². The Morgan fingerprint density at radius 1 is 0.660 bits per heavy atom. The molecular weight excluding hydrogens is 638 g/mol. The molecule has 50 heavy (non-hydrogen) atoms. The number of allylic oxidation sites excluding steroid dienone is 1. The van der Waals surface area contributed by atoms with Crippen molar-refractivity contribution in [3.63, 3.8) is 0 Å². The minimum Gasteiger partial charge on any atom is -0.497 e. The summed E-state index contributed by atoms with van der Waals surface area (Å²) in [6.45, 7) is 0. The van der Waals surface area contributed by atoms with Gasteiger partial charge in [-0.15, -0.1) is 0 Å². The maximum absolute atomic E-state index is 13.2. The van der Waals surface area contributed by atoms with Crippen LogP contribution < -0.4 is 19.1 Å². The molecule has 0 aromatic heterocycles. The zero-order valence-corrected chi connectivity index (χ0v) is 28.0. The Labute approximate surface area is 290 Å². The van der Waals surface area contributed by atoms with E-state index >= 15 is 0 Å². The van der Waals surface area contributed by atoms with E-state index in [2.05, 4.69) is 0 Å². The quantitative estimate of drug-likeness (QED) is 0.0717. The monoisotopic (exact) mass is 675 g/mol. The Balaban J connectivity index is 1.13. The van der Waals surface area contributed by atoms with E-state index in [0.29, 0.717) is 70.9 Å². The van der Waals surface area contributed by atoms with Crippen molar-refractivity contribution in [2.24, 2.45) is 11.8 Å². The molecule has 5 rings (SSSR count). The number of ketones is 1. The lowest BCUT2D eigenvalue weighted by Gasteiger charge is -2.26. The third-order valence-electron chi connectivity index (χ3n) is 8.59. The van der Waals surface area contributed by atoms with Crippen LogP contribution >= 0.6 is 0 Å². The van der Waals surface area contributed by atoms with Crippen molar-refractivity contribution in [2.75, 3.05) is 26.2 Å². The number of anilines is 1. The molecule has 1 aliphatic carbocycles. The van der Waals surface area contributed by atoms with Gasteiger partial charge in [-0.2, -0.15) is 0 Å². The van der Waals surface area contributed by atoms with Crippen molar-refractivity contribution in [2.45, 2.75) is 25.7 Å². The second-order valence-electron chi connectivity index (χ2n) is 11.8. The van der Waals surface area contributed by atoms with E-state index in [-0.39, 0.29) is 23.6 Å². The van der Waals surface area contributed by atoms with Gasteiger partial charge in [0.25, 0.3) is 5.91 Å². The Kier molecular flexibility index (Phi) is 11.6. The first kappa shape index (κ1) is 35.3. The van der Waals surface area contributed by atoms with Gasteiger partial charge in [0.15, 0.2) is 5.78 Å². The van der Waals surface area contributed by atoms with Crippen LogP contribution in [0.3, 0.4) is 0 Å². The van der Waals surface area contributed by atoms with E-state index < -0.39 is 17.9 Å². The molecule has 0 saturated heterocycles. The van der Waals surface area contributed by atoms with Crippen molar-refractivity contribution >= 4 is 41.4 Å². The van der Waals surface area contributed by atoms with E-state index in [0.717, 1.165) is 0 Å². The van der Waals surface area contributed by atoms with Crippen LogP contribution in [0.4, 0.5) is 5.69 Å². The summed E-state index contributed by atoms with van der Waals surface area (Å²) < 4.78 is 21.4. The van der Waals surface area contributed by atoms with Gasteiger partial charge in [0, 0.05) is 29.4 Å². The number of ether oxygens (including phenoxy) is 4. The maximum Gasteiger partial charge on any atom is 0.337 e. The molecule has 0 heterocycles. The van der Waals surface area contributed by atoms with Gasteiger partial charge in [-0.1, -0.05) is 30.3 Å². The van der Waals surface area contributed by atoms with Crippen molar-refractivity contribution in [1.82, 2.24) is 0 Å². The van der Waals surface area contributed by atoms with E-state index in [9.17, 15) is 24.0 Å². The lowest BCUT2D eigenvalue weighted by molar-refractivity contribution is -0.145. The standard InChI is InChI=1S/C40H37NO9/c1-41(37(43)27-9-11-28(12-10-27)38(44)48-3)32-18-20-33(21-19-32)49-39(45)29-13-15-30(16-14-29)40(46)50-36-24-22-34(47-2)25-31(36)17-23-35(42)26-7-5-4-6-8-26/h4-12,17-25,29-30H,13-16H2,1-3H3/b23-17+. The predicted octanol–water partition coefficient (Wildman–Crippen LogP) is 6.97. The molecule has 1 aliphatic rings. The van der Waals surface area contributed by atoms with E-state index in [1.54, 1.807) is 92.0 Å². The van der Waals surface area contributed by atoms with E-state index in [4.69, 9.17) is 18.9 Å². The van der Waals surface area contributed by atoms with Crippen LogP contribution in [0.2, 0.25) is 0 Å².